The maximum atomic E-state index is 12.4. The van der Waals surface area contributed by atoms with Gasteiger partial charge in [0.05, 0.1) is 17.7 Å². The minimum Gasteiger partial charge on any atom is -0.548 e. The van der Waals surface area contributed by atoms with E-state index < -0.39 is 17.9 Å². The summed E-state index contributed by atoms with van der Waals surface area (Å²) in [6.07, 6.45) is 10.9. The minimum absolute atomic E-state index is 0.145. The molecule has 7 heteroatoms. The van der Waals surface area contributed by atoms with Gasteiger partial charge < -0.3 is 20.1 Å². The van der Waals surface area contributed by atoms with Crippen molar-refractivity contribution in [3.8, 4) is 0 Å². The van der Waals surface area contributed by atoms with Crippen molar-refractivity contribution >= 4 is 23.4 Å². The maximum Gasteiger partial charge on any atom is 0.261 e. The van der Waals surface area contributed by atoms with E-state index in [1.807, 2.05) is 30.3 Å². The largest absolute Gasteiger partial charge is 0.548 e. The van der Waals surface area contributed by atoms with Crippen LogP contribution >= 0.6 is 0 Å². The van der Waals surface area contributed by atoms with E-state index in [0.29, 0.717) is 23.5 Å². The summed E-state index contributed by atoms with van der Waals surface area (Å²) >= 11 is 0. The molecule has 3 saturated carbocycles. The number of hydrogen-bond acceptors (Lipinski definition) is 6. The topological polar surface area (TPSA) is 108 Å². The number of benzene rings is 1. The van der Waals surface area contributed by atoms with Gasteiger partial charge in [-0.2, -0.15) is 0 Å². The highest BCUT2D eigenvalue weighted by Gasteiger charge is 2.59. The lowest BCUT2D eigenvalue weighted by Gasteiger charge is -2.58. The van der Waals surface area contributed by atoms with Crippen LogP contribution in [0.15, 0.2) is 47.1 Å². The number of hydrogen-bond donors (Lipinski definition) is 1. The van der Waals surface area contributed by atoms with Gasteiger partial charge in [-0.15, -0.1) is 0 Å². The van der Waals surface area contributed by atoms with Crippen molar-refractivity contribution in [2.75, 3.05) is 6.61 Å². The van der Waals surface area contributed by atoms with Crippen molar-refractivity contribution in [1.82, 2.24) is 5.32 Å². The zero-order valence-electron chi connectivity index (χ0n) is 23.4. The molecule has 1 aromatic rings. The van der Waals surface area contributed by atoms with Gasteiger partial charge in [0, 0.05) is 5.92 Å². The highest BCUT2D eigenvalue weighted by Crippen LogP contribution is 2.66. The molecule has 7 nitrogen and oxygen atoms in total. The highest BCUT2D eigenvalue weighted by molar-refractivity contribution is 5.96. The van der Waals surface area contributed by atoms with Crippen LogP contribution < -0.4 is 10.4 Å². The second-order valence-electron chi connectivity index (χ2n) is 12.8. The molecule has 0 aromatic heterocycles. The highest BCUT2D eigenvalue weighted by atomic mass is 16.6. The van der Waals surface area contributed by atoms with Crippen LogP contribution in [0.4, 0.5) is 0 Å². The van der Waals surface area contributed by atoms with Crippen molar-refractivity contribution in [2.45, 2.75) is 84.6 Å². The van der Waals surface area contributed by atoms with E-state index in [1.165, 1.54) is 24.8 Å². The normalized spacial score (nSPS) is 35.2. The summed E-state index contributed by atoms with van der Waals surface area (Å²) in [6.45, 7) is 6.25. The molecule has 210 valence electrons. The summed E-state index contributed by atoms with van der Waals surface area (Å²) in [7, 11) is 0. The molecule has 0 heterocycles. The van der Waals surface area contributed by atoms with Gasteiger partial charge in [-0.3, -0.25) is 9.59 Å². The van der Waals surface area contributed by atoms with Gasteiger partial charge in [-0.25, -0.2) is 0 Å². The van der Waals surface area contributed by atoms with Gasteiger partial charge in [0.2, 0.25) is 0 Å². The Morgan fingerprint density at radius 2 is 1.82 bits per heavy atom. The van der Waals surface area contributed by atoms with Crippen molar-refractivity contribution < 1.29 is 24.3 Å². The number of carbonyl (C=O) groups is 3. The number of nitrogens with one attached hydrogen (secondary N) is 1. The molecule has 7 atom stereocenters. The lowest BCUT2D eigenvalue weighted by atomic mass is 9.46. The minimum atomic E-state index is -1.33. The van der Waals surface area contributed by atoms with Gasteiger partial charge in [-0.05, 0) is 105 Å². The van der Waals surface area contributed by atoms with Crippen molar-refractivity contribution in [1.29, 1.82) is 0 Å². The number of ketones is 1. The lowest BCUT2D eigenvalue weighted by Crippen LogP contribution is -2.51. The van der Waals surface area contributed by atoms with Crippen LogP contribution in [-0.2, 0) is 25.6 Å². The Kier molecular flexibility index (Phi) is 7.71. The zero-order valence-corrected chi connectivity index (χ0v) is 23.4. The van der Waals surface area contributed by atoms with Gasteiger partial charge in [0.1, 0.15) is 5.78 Å². The Labute approximate surface area is 231 Å². The summed E-state index contributed by atoms with van der Waals surface area (Å²) < 4.78 is 0. The van der Waals surface area contributed by atoms with Crippen LogP contribution in [0.25, 0.3) is 0 Å². The summed E-state index contributed by atoms with van der Waals surface area (Å²) in [5.41, 5.74) is 3.39. The molecule has 4 aliphatic rings. The molecule has 1 N–H and O–H groups in total. The quantitative estimate of drug-likeness (QED) is 0.508. The number of aliphatic carboxylic acids is 1. The molecule has 5 unspecified atom stereocenters. The maximum absolute atomic E-state index is 12.4. The van der Waals surface area contributed by atoms with Crippen molar-refractivity contribution in [3.05, 3.63) is 47.5 Å². The number of Topliss-reactive ketones (excluding diaryl/α,β-unsaturated/α-hetero) is 1. The monoisotopic (exact) mass is 533 g/mol. The summed E-state index contributed by atoms with van der Waals surface area (Å²) in [5.74, 6) is 0.702. The van der Waals surface area contributed by atoms with Crippen LogP contribution in [0.1, 0.15) is 77.7 Å². The molecule has 0 aliphatic heterocycles. The predicted octanol–water partition coefficient (Wildman–Crippen LogP) is 4.00. The second kappa shape index (κ2) is 10.9. The smallest absolute Gasteiger partial charge is 0.261 e. The fourth-order valence-corrected chi connectivity index (χ4v) is 8.76. The van der Waals surface area contributed by atoms with E-state index in [-0.39, 0.29) is 29.8 Å². The summed E-state index contributed by atoms with van der Waals surface area (Å²) in [4.78, 5) is 41.7. The lowest BCUT2D eigenvalue weighted by molar-refractivity contribution is -0.308. The van der Waals surface area contributed by atoms with Gasteiger partial charge in [0.25, 0.3) is 5.91 Å². The Balaban J connectivity index is 1.19. The molecule has 1 aromatic carbocycles. The van der Waals surface area contributed by atoms with Crippen molar-refractivity contribution in [2.24, 2.45) is 39.7 Å². The SMILES string of the molecule is CC(=O)C1CCC2C3CCC4=CC(=NOCC(=O)NC(Cc5ccccc5)C(=O)[O-])CC[C@@]4(C)C3CC[C@]12C. The Morgan fingerprint density at radius 3 is 2.54 bits per heavy atom. The van der Waals surface area contributed by atoms with E-state index >= 15 is 0 Å². The third-order valence-electron chi connectivity index (χ3n) is 10.7. The fourth-order valence-electron chi connectivity index (χ4n) is 8.76. The zero-order chi connectivity index (χ0) is 27.8. The van der Waals surface area contributed by atoms with Gasteiger partial charge in [-0.1, -0.05) is 54.9 Å². The number of carboxylic acids is 1. The Morgan fingerprint density at radius 1 is 1.05 bits per heavy atom. The van der Waals surface area contributed by atoms with Crippen LogP contribution in [-0.4, -0.2) is 36.0 Å². The molecule has 0 radical (unpaired) electrons. The molecule has 0 bridgehead atoms. The number of amides is 1. The first-order chi connectivity index (χ1) is 18.6. The number of nitrogens with zero attached hydrogens (tertiary/aromatic N) is 1. The average molecular weight is 534 g/mol. The first-order valence-corrected chi connectivity index (χ1v) is 14.6. The first-order valence-electron chi connectivity index (χ1n) is 14.6. The van der Waals surface area contributed by atoms with Crippen LogP contribution in [0.2, 0.25) is 0 Å². The number of allylic oxidation sites excluding steroid dienone is 2. The van der Waals surface area contributed by atoms with Gasteiger partial charge in [0.15, 0.2) is 6.61 Å². The molecule has 39 heavy (non-hydrogen) atoms. The van der Waals surface area contributed by atoms with Crippen LogP contribution in [0.5, 0.6) is 0 Å². The van der Waals surface area contributed by atoms with E-state index in [4.69, 9.17) is 4.84 Å². The van der Waals surface area contributed by atoms with E-state index in [1.54, 1.807) is 6.92 Å². The average Bonchev–Trinajstić information content (AvgIpc) is 3.26. The second-order valence-corrected chi connectivity index (χ2v) is 12.8. The summed E-state index contributed by atoms with van der Waals surface area (Å²) in [5, 5.41) is 18.3. The van der Waals surface area contributed by atoms with Crippen molar-refractivity contribution in [3.63, 3.8) is 0 Å². The third-order valence-corrected chi connectivity index (χ3v) is 10.7. The molecule has 3 fully saturated rings. The van der Waals surface area contributed by atoms with E-state index in [9.17, 15) is 19.5 Å². The predicted molar refractivity (Wildman–Crippen MR) is 146 cm³/mol. The molecule has 0 saturated heterocycles. The molecular formula is C32H41N2O5-. The Hall–Kier alpha value is -2.96. The number of carboxylic acid groups (broad SMARTS) is 1. The number of fused-ring (bicyclic) bond motifs is 5. The third kappa shape index (κ3) is 5.29. The molecule has 1 amide bonds. The fraction of sp³-hybridized carbons (Fsp3) is 0.625. The molecule has 0 spiro atoms. The van der Waals surface area contributed by atoms with E-state index in [2.05, 4.69) is 30.4 Å². The van der Waals surface area contributed by atoms with Crippen LogP contribution in [0, 0.1) is 34.5 Å². The van der Waals surface area contributed by atoms with Gasteiger partial charge >= 0.3 is 0 Å². The Bertz CT molecular complexity index is 1180. The first kappa shape index (κ1) is 27.6. The number of oxime groups is 1. The van der Waals surface area contributed by atoms with E-state index in [0.717, 1.165) is 43.4 Å². The number of rotatable bonds is 8. The summed E-state index contributed by atoms with van der Waals surface area (Å²) in [6, 6.07) is 7.98. The van der Waals surface area contributed by atoms with Crippen LogP contribution in [0.3, 0.4) is 0 Å². The number of carbonyl (C=O) groups excluding carboxylic acids is 3. The molecule has 4 aliphatic carbocycles. The molecule has 5 rings (SSSR count). The standard InChI is InChI=1S/C32H42N2O5/c1-20(35)25-11-12-26-24-10-9-22-18-23(13-15-31(22,2)27(24)14-16-32(25,26)3)34-39-19-29(36)33-28(30(37)38)17-21-7-5-4-6-8-21/h4-8,18,24-28H,9-17,19H2,1-3H3,(H,33,36)(H,37,38)/p-1/t24?,25?,26?,27?,28?,31-,32-/m1/s1. The molecular weight excluding hydrogens is 492 g/mol.